The third-order valence-corrected chi connectivity index (χ3v) is 2.65. The van der Waals surface area contributed by atoms with Crippen molar-refractivity contribution in [1.82, 2.24) is 0 Å². The summed E-state index contributed by atoms with van der Waals surface area (Å²) in [5, 5.41) is 9.72. The van der Waals surface area contributed by atoms with Crippen LogP contribution >= 0.6 is 0 Å². The molecule has 0 saturated heterocycles. The molecule has 0 aliphatic carbocycles. The second-order valence-electron chi connectivity index (χ2n) is 4.14. The Morgan fingerprint density at radius 3 is 2.37 bits per heavy atom. The minimum absolute atomic E-state index is 0.0249. The van der Waals surface area contributed by atoms with Crippen LogP contribution in [0.3, 0.4) is 0 Å². The van der Waals surface area contributed by atoms with Gasteiger partial charge in [-0.3, -0.25) is 0 Å². The second kappa shape index (κ2) is 6.56. The van der Waals surface area contributed by atoms with E-state index in [9.17, 15) is 23.1 Å². The van der Waals surface area contributed by atoms with Crippen LogP contribution in [0.25, 0.3) is 0 Å². The molecule has 0 aliphatic heterocycles. The summed E-state index contributed by atoms with van der Waals surface area (Å²) in [6.07, 6.45) is -6.19. The summed E-state index contributed by atoms with van der Waals surface area (Å²) in [6, 6.07) is 5.94. The summed E-state index contributed by atoms with van der Waals surface area (Å²) in [6.45, 7) is 0. The first-order chi connectivity index (χ1) is 8.83. The number of aliphatic hydroxyl groups excluding tert-OH is 1. The maximum Gasteiger partial charge on any atom is 0.389 e. The number of carbonyl (C=O) groups is 1. The smallest absolute Gasteiger partial charge is 0.389 e. The van der Waals surface area contributed by atoms with Crippen LogP contribution in [0.1, 0.15) is 41.3 Å². The summed E-state index contributed by atoms with van der Waals surface area (Å²) in [7, 11) is 1.25. The molecule has 0 radical (unpaired) electrons. The third-order valence-electron chi connectivity index (χ3n) is 2.65. The Balaban J connectivity index is 2.53. The molecular formula is C13H15F3O3. The molecule has 19 heavy (non-hydrogen) atoms. The van der Waals surface area contributed by atoms with Gasteiger partial charge in [-0.25, -0.2) is 4.79 Å². The topological polar surface area (TPSA) is 46.5 Å². The van der Waals surface area contributed by atoms with Crippen LogP contribution in [-0.4, -0.2) is 24.4 Å². The molecule has 0 heterocycles. The number of halogens is 3. The first kappa shape index (κ1) is 15.5. The summed E-state index contributed by atoms with van der Waals surface area (Å²) in [5.41, 5.74) is 0.809. The van der Waals surface area contributed by atoms with E-state index in [0.29, 0.717) is 11.1 Å². The van der Waals surface area contributed by atoms with Crippen molar-refractivity contribution in [1.29, 1.82) is 0 Å². The van der Waals surface area contributed by atoms with Crippen molar-refractivity contribution in [2.45, 2.75) is 31.5 Å². The fourth-order valence-electron chi connectivity index (χ4n) is 1.62. The van der Waals surface area contributed by atoms with Gasteiger partial charge in [0.2, 0.25) is 0 Å². The Labute approximate surface area is 109 Å². The molecule has 1 aromatic carbocycles. The standard InChI is InChI=1S/C13H15F3O3/c1-19-12(18)10-6-4-9(5-7-10)11(17)3-2-8-13(14,15)16/h4-7,11,17H,2-3,8H2,1H3/t11-/m1/s1. The normalized spacial score (nSPS) is 13.1. The predicted octanol–water partition coefficient (Wildman–Crippen LogP) is 3.24. The lowest BCUT2D eigenvalue weighted by atomic mass is 10.0. The van der Waals surface area contributed by atoms with Gasteiger partial charge in [0.05, 0.1) is 18.8 Å². The fourth-order valence-corrected chi connectivity index (χ4v) is 1.62. The fraction of sp³-hybridized carbons (Fsp3) is 0.462. The van der Waals surface area contributed by atoms with Crippen molar-refractivity contribution >= 4 is 5.97 Å². The van der Waals surface area contributed by atoms with Gasteiger partial charge in [0.1, 0.15) is 0 Å². The number of esters is 1. The van der Waals surface area contributed by atoms with Gasteiger partial charge in [0, 0.05) is 6.42 Å². The largest absolute Gasteiger partial charge is 0.465 e. The van der Waals surface area contributed by atoms with E-state index in [-0.39, 0.29) is 12.8 Å². The Morgan fingerprint density at radius 1 is 1.32 bits per heavy atom. The highest BCUT2D eigenvalue weighted by atomic mass is 19.4. The number of methoxy groups -OCH3 is 1. The van der Waals surface area contributed by atoms with Crippen molar-refractivity contribution in [3.8, 4) is 0 Å². The maximum atomic E-state index is 12.0. The van der Waals surface area contributed by atoms with Crippen molar-refractivity contribution in [2.75, 3.05) is 7.11 Å². The van der Waals surface area contributed by atoms with Crippen LogP contribution in [0.15, 0.2) is 24.3 Å². The van der Waals surface area contributed by atoms with E-state index < -0.39 is 24.7 Å². The van der Waals surface area contributed by atoms with E-state index in [1.165, 1.54) is 31.4 Å². The van der Waals surface area contributed by atoms with E-state index in [4.69, 9.17) is 0 Å². The van der Waals surface area contributed by atoms with Crippen LogP contribution in [0, 0.1) is 0 Å². The number of alkyl halides is 3. The van der Waals surface area contributed by atoms with Crippen LogP contribution in [0.5, 0.6) is 0 Å². The van der Waals surface area contributed by atoms with Gasteiger partial charge in [0.25, 0.3) is 0 Å². The molecule has 0 fully saturated rings. The summed E-state index contributed by atoms with van der Waals surface area (Å²) >= 11 is 0. The molecule has 0 aromatic heterocycles. The molecule has 0 saturated carbocycles. The van der Waals surface area contributed by atoms with Crippen LogP contribution < -0.4 is 0 Å². The molecular weight excluding hydrogens is 261 g/mol. The molecule has 1 N–H and O–H groups in total. The van der Waals surface area contributed by atoms with Gasteiger partial charge in [-0.2, -0.15) is 13.2 Å². The number of rotatable bonds is 5. The monoisotopic (exact) mass is 276 g/mol. The van der Waals surface area contributed by atoms with Crippen molar-refractivity contribution in [2.24, 2.45) is 0 Å². The second-order valence-corrected chi connectivity index (χ2v) is 4.14. The average Bonchev–Trinajstić information content (AvgIpc) is 2.36. The van der Waals surface area contributed by atoms with E-state index in [0.717, 1.165) is 0 Å². The first-order valence-corrected chi connectivity index (χ1v) is 5.76. The molecule has 0 bridgehead atoms. The lowest BCUT2D eigenvalue weighted by Crippen LogP contribution is -2.08. The zero-order valence-electron chi connectivity index (χ0n) is 10.4. The lowest BCUT2D eigenvalue weighted by Gasteiger charge is -2.12. The highest BCUT2D eigenvalue weighted by molar-refractivity contribution is 5.89. The van der Waals surface area contributed by atoms with Gasteiger partial charge in [-0.1, -0.05) is 12.1 Å². The van der Waals surface area contributed by atoms with Crippen molar-refractivity contribution in [3.05, 3.63) is 35.4 Å². The van der Waals surface area contributed by atoms with Gasteiger partial charge in [-0.05, 0) is 30.5 Å². The summed E-state index contributed by atoms with van der Waals surface area (Å²) in [4.78, 5) is 11.2. The van der Waals surface area contributed by atoms with Gasteiger partial charge in [0.15, 0.2) is 0 Å². The van der Waals surface area contributed by atoms with Crippen LogP contribution in [0.4, 0.5) is 13.2 Å². The Kier molecular flexibility index (Phi) is 5.35. The molecule has 106 valence electrons. The molecule has 1 atom stereocenters. The molecule has 6 heteroatoms. The number of aliphatic hydroxyl groups is 1. The van der Waals surface area contributed by atoms with Crippen LogP contribution in [-0.2, 0) is 4.74 Å². The summed E-state index contributed by atoms with van der Waals surface area (Å²) in [5.74, 6) is -0.502. The molecule has 3 nitrogen and oxygen atoms in total. The molecule has 0 spiro atoms. The quantitative estimate of drug-likeness (QED) is 0.840. The Bertz CT molecular complexity index is 412. The lowest BCUT2D eigenvalue weighted by molar-refractivity contribution is -0.136. The van der Waals surface area contributed by atoms with E-state index in [1.54, 1.807) is 0 Å². The molecule has 1 rings (SSSR count). The number of benzene rings is 1. The minimum Gasteiger partial charge on any atom is -0.465 e. The zero-order chi connectivity index (χ0) is 14.5. The molecule has 0 aliphatic rings. The maximum absolute atomic E-state index is 12.0. The highest BCUT2D eigenvalue weighted by Crippen LogP contribution is 2.26. The van der Waals surface area contributed by atoms with Gasteiger partial charge >= 0.3 is 12.1 Å². The number of hydrogen-bond acceptors (Lipinski definition) is 3. The molecule has 0 amide bonds. The van der Waals surface area contributed by atoms with E-state index in [2.05, 4.69) is 4.74 Å². The van der Waals surface area contributed by atoms with Crippen LogP contribution in [0.2, 0.25) is 0 Å². The van der Waals surface area contributed by atoms with Gasteiger partial charge in [-0.15, -0.1) is 0 Å². The average molecular weight is 276 g/mol. The van der Waals surface area contributed by atoms with Gasteiger partial charge < -0.3 is 9.84 Å². The Morgan fingerprint density at radius 2 is 1.89 bits per heavy atom. The molecule has 0 unspecified atom stereocenters. The highest BCUT2D eigenvalue weighted by Gasteiger charge is 2.26. The van der Waals surface area contributed by atoms with Crippen molar-refractivity contribution < 1.29 is 27.8 Å². The predicted molar refractivity (Wildman–Crippen MR) is 62.6 cm³/mol. The zero-order valence-corrected chi connectivity index (χ0v) is 10.4. The molecule has 1 aromatic rings. The number of ether oxygens (including phenoxy) is 1. The Hall–Kier alpha value is -1.56. The van der Waals surface area contributed by atoms with E-state index >= 15 is 0 Å². The summed E-state index contributed by atoms with van der Waals surface area (Å²) < 4.78 is 40.4. The number of carbonyl (C=O) groups excluding carboxylic acids is 1. The first-order valence-electron chi connectivity index (χ1n) is 5.76. The van der Waals surface area contributed by atoms with Crippen molar-refractivity contribution in [3.63, 3.8) is 0 Å². The van der Waals surface area contributed by atoms with E-state index in [1.807, 2.05) is 0 Å². The SMILES string of the molecule is COC(=O)c1ccc([C@H](O)CCCC(F)(F)F)cc1. The number of hydrogen-bond donors (Lipinski definition) is 1. The third kappa shape index (κ3) is 5.30. The minimum atomic E-state index is -4.20.